The van der Waals surface area contributed by atoms with Crippen molar-refractivity contribution < 1.29 is 44.2 Å². The second kappa shape index (κ2) is 54.5. The van der Waals surface area contributed by atoms with Crippen LogP contribution in [0, 0.1) is 0 Å². The highest BCUT2D eigenvalue weighted by Gasteiger charge is 2.44. The number of hydrogen-bond donors (Lipinski definition) is 4. The van der Waals surface area contributed by atoms with Crippen LogP contribution >= 0.6 is 0 Å². The summed E-state index contributed by atoms with van der Waals surface area (Å²) in [6, 6.07) is 0. The van der Waals surface area contributed by atoms with Gasteiger partial charge < -0.3 is 39.4 Å². The highest BCUT2D eigenvalue weighted by atomic mass is 16.7. The minimum Gasteiger partial charge on any atom is -0.457 e. The molecule has 6 unspecified atom stereocenters. The van der Waals surface area contributed by atoms with E-state index in [0.717, 1.165) is 38.5 Å². The van der Waals surface area contributed by atoms with Gasteiger partial charge in [-0.15, -0.1) is 0 Å². The average Bonchev–Trinajstić information content (AvgIpc) is 3.38. The van der Waals surface area contributed by atoms with Gasteiger partial charge in [-0.25, -0.2) is 0 Å². The van der Waals surface area contributed by atoms with Gasteiger partial charge in [0.1, 0.15) is 30.5 Å². The van der Waals surface area contributed by atoms with E-state index >= 15 is 0 Å². The third-order valence-electron chi connectivity index (χ3n) is 14.9. The van der Waals surface area contributed by atoms with Crippen molar-refractivity contribution in [3.63, 3.8) is 0 Å². The predicted octanol–water partition coefficient (Wildman–Crippen LogP) is 16.8. The van der Waals surface area contributed by atoms with Crippen LogP contribution in [-0.4, -0.2) is 89.6 Å². The molecule has 0 spiro atoms. The predicted molar refractivity (Wildman–Crippen MR) is 302 cm³/mol. The van der Waals surface area contributed by atoms with E-state index in [1.165, 1.54) is 250 Å². The molecule has 0 aromatic heterocycles. The van der Waals surface area contributed by atoms with Gasteiger partial charge in [-0.2, -0.15) is 0 Å². The van der Waals surface area contributed by atoms with E-state index in [9.17, 15) is 25.2 Å². The first-order valence-corrected chi connectivity index (χ1v) is 31.4. The molecule has 1 saturated heterocycles. The van der Waals surface area contributed by atoms with E-state index in [-0.39, 0.29) is 19.2 Å². The fourth-order valence-corrected chi connectivity index (χ4v) is 10.00. The molecule has 426 valence electrons. The molecule has 0 saturated carbocycles. The number of unbranched alkanes of at least 4 members (excludes halogenated alkanes) is 41. The van der Waals surface area contributed by atoms with E-state index in [1.54, 1.807) is 0 Å². The van der Waals surface area contributed by atoms with Crippen molar-refractivity contribution in [2.45, 2.75) is 346 Å². The largest absolute Gasteiger partial charge is 0.457 e. The molecule has 0 radical (unpaired) electrons. The van der Waals surface area contributed by atoms with Gasteiger partial charge in [0.2, 0.25) is 0 Å². The van der Waals surface area contributed by atoms with Crippen molar-refractivity contribution in [3.8, 4) is 0 Å². The fraction of sp³-hybridized carbons (Fsp3) is 0.921. The number of hydrogen-bond acceptors (Lipinski definition) is 9. The zero-order valence-electron chi connectivity index (χ0n) is 47.5. The maximum Gasteiger partial charge on any atom is 0.306 e. The van der Waals surface area contributed by atoms with Crippen LogP contribution < -0.4 is 0 Å². The molecule has 0 aromatic carbocycles. The molecule has 1 heterocycles. The summed E-state index contributed by atoms with van der Waals surface area (Å²) in [4.78, 5) is 12.9. The number of carbonyl (C=O) groups excluding carboxylic acids is 1. The van der Waals surface area contributed by atoms with Crippen LogP contribution in [0.25, 0.3) is 0 Å². The van der Waals surface area contributed by atoms with Gasteiger partial charge in [-0.1, -0.05) is 282 Å². The van der Waals surface area contributed by atoms with Crippen LogP contribution in [0.5, 0.6) is 0 Å². The molecule has 6 atom stereocenters. The summed E-state index contributed by atoms with van der Waals surface area (Å²) in [6.45, 7) is 4.62. The average molecular weight is 1020 g/mol. The Morgan fingerprint density at radius 2 is 0.806 bits per heavy atom. The number of aliphatic hydroxyl groups excluding tert-OH is 4. The first-order chi connectivity index (χ1) is 35.4. The Bertz CT molecular complexity index is 1160. The Labute approximate surface area is 445 Å². The number of ether oxygens (including phenoxy) is 4. The maximum absolute atomic E-state index is 12.9. The molecular formula is C63H120O9. The van der Waals surface area contributed by atoms with Crippen molar-refractivity contribution in [2.24, 2.45) is 0 Å². The lowest BCUT2D eigenvalue weighted by molar-refractivity contribution is -0.305. The Morgan fingerprint density at radius 3 is 1.19 bits per heavy atom. The molecule has 0 aliphatic carbocycles. The third-order valence-corrected chi connectivity index (χ3v) is 14.9. The minimum absolute atomic E-state index is 0.108. The summed E-state index contributed by atoms with van der Waals surface area (Å²) in [5.41, 5.74) is 0. The maximum atomic E-state index is 12.9. The van der Waals surface area contributed by atoms with Gasteiger partial charge in [0.25, 0.3) is 0 Å². The molecule has 0 aromatic rings. The van der Waals surface area contributed by atoms with E-state index in [0.29, 0.717) is 13.0 Å². The van der Waals surface area contributed by atoms with Crippen molar-refractivity contribution in [2.75, 3.05) is 26.4 Å². The standard InChI is InChI=1S/C63H120O9/c1-3-5-7-9-11-13-15-17-19-21-23-25-27-28-29-31-33-35-37-39-41-43-45-47-49-51-53-69-55-57(56-70-63-62(68)61(67)60(66)58(54-64)72-63)71-59(65)52-50-48-46-44-42-40-38-36-34-32-30-26-24-22-20-18-16-14-12-10-8-6-4-2/h15,17,21,23,57-58,60-64,66-68H,3-14,16,18-20,22,24-56H2,1-2H3/b17-15-,23-21-. The molecule has 1 fully saturated rings. The summed E-state index contributed by atoms with van der Waals surface area (Å²) < 4.78 is 23.0. The second-order valence-corrected chi connectivity index (χ2v) is 21.9. The summed E-state index contributed by atoms with van der Waals surface area (Å²) in [5, 5.41) is 40.4. The van der Waals surface area contributed by atoms with Crippen LogP contribution in [0.15, 0.2) is 24.3 Å². The van der Waals surface area contributed by atoms with Gasteiger partial charge in [0.05, 0.1) is 19.8 Å². The Kier molecular flexibility index (Phi) is 52.0. The lowest BCUT2D eigenvalue weighted by Gasteiger charge is -2.39. The summed E-state index contributed by atoms with van der Waals surface area (Å²) in [7, 11) is 0. The number of aliphatic hydroxyl groups is 4. The number of carbonyl (C=O) groups is 1. The van der Waals surface area contributed by atoms with Crippen LogP contribution in [0.2, 0.25) is 0 Å². The van der Waals surface area contributed by atoms with Gasteiger partial charge in [-0.05, 0) is 44.9 Å². The Morgan fingerprint density at radius 1 is 0.444 bits per heavy atom. The summed E-state index contributed by atoms with van der Waals surface area (Å²) >= 11 is 0. The quantitative estimate of drug-likeness (QED) is 0.0267. The molecule has 1 rings (SSSR count). The third kappa shape index (κ3) is 43.9. The van der Waals surface area contributed by atoms with Crippen LogP contribution in [-0.2, 0) is 23.7 Å². The highest BCUT2D eigenvalue weighted by molar-refractivity contribution is 5.69. The molecule has 1 aliphatic heterocycles. The van der Waals surface area contributed by atoms with Crippen LogP contribution in [0.1, 0.15) is 309 Å². The van der Waals surface area contributed by atoms with Gasteiger partial charge in [-0.3, -0.25) is 4.79 Å². The van der Waals surface area contributed by atoms with Crippen molar-refractivity contribution in [1.29, 1.82) is 0 Å². The van der Waals surface area contributed by atoms with Gasteiger partial charge >= 0.3 is 5.97 Å². The molecule has 9 nitrogen and oxygen atoms in total. The van der Waals surface area contributed by atoms with Crippen molar-refractivity contribution >= 4 is 5.97 Å². The van der Waals surface area contributed by atoms with E-state index in [2.05, 4.69) is 38.2 Å². The molecule has 1 aliphatic rings. The normalized spacial score (nSPS) is 18.8. The SMILES string of the molecule is CCCCCCC/C=C\C/C=C\CCCCCCCCCCCCCCCCOCC(COC1OC(CO)C(O)C(O)C1O)OC(=O)CCCCCCCCCCCCCCCCCCCCCCCCC. The Hall–Kier alpha value is -1.33. The van der Waals surface area contributed by atoms with Crippen molar-refractivity contribution in [1.82, 2.24) is 0 Å². The first-order valence-electron chi connectivity index (χ1n) is 31.4. The second-order valence-electron chi connectivity index (χ2n) is 21.9. The molecule has 9 heteroatoms. The lowest BCUT2D eigenvalue weighted by Crippen LogP contribution is -2.59. The first kappa shape index (κ1) is 68.7. The Balaban J connectivity index is 2.10. The zero-order valence-corrected chi connectivity index (χ0v) is 47.5. The van der Waals surface area contributed by atoms with Gasteiger partial charge in [0, 0.05) is 13.0 Å². The fourth-order valence-electron chi connectivity index (χ4n) is 10.00. The summed E-state index contributed by atoms with van der Waals surface area (Å²) in [6.07, 6.45) is 61.0. The van der Waals surface area contributed by atoms with Gasteiger partial charge in [0.15, 0.2) is 6.29 Å². The number of esters is 1. The molecule has 0 bridgehead atoms. The van der Waals surface area contributed by atoms with E-state index in [1.807, 2.05) is 0 Å². The minimum atomic E-state index is -1.53. The van der Waals surface area contributed by atoms with Crippen LogP contribution in [0.4, 0.5) is 0 Å². The number of rotatable bonds is 56. The molecular weight excluding hydrogens is 901 g/mol. The smallest absolute Gasteiger partial charge is 0.306 e. The van der Waals surface area contributed by atoms with E-state index < -0.39 is 43.4 Å². The van der Waals surface area contributed by atoms with Crippen molar-refractivity contribution in [3.05, 3.63) is 24.3 Å². The lowest BCUT2D eigenvalue weighted by atomic mass is 9.99. The molecule has 0 amide bonds. The molecule has 4 N–H and O–H groups in total. The topological polar surface area (TPSA) is 135 Å². The molecule has 72 heavy (non-hydrogen) atoms. The van der Waals surface area contributed by atoms with E-state index in [4.69, 9.17) is 18.9 Å². The highest BCUT2D eigenvalue weighted by Crippen LogP contribution is 2.23. The monoisotopic (exact) mass is 1020 g/mol. The number of allylic oxidation sites excluding steroid dienone is 4. The van der Waals surface area contributed by atoms with Crippen LogP contribution in [0.3, 0.4) is 0 Å². The zero-order chi connectivity index (χ0) is 52.1. The summed E-state index contributed by atoms with van der Waals surface area (Å²) in [5.74, 6) is -0.305.